The van der Waals surface area contributed by atoms with Crippen LogP contribution in [0.15, 0.2) is 51.4 Å². The van der Waals surface area contributed by atoms with Crippen molar-refractivity contribution in [2.24, 2.45) is 0 Å². The molecule has 0 bridgehead atoms. The highest BCUT2D eigenvalue weighted by molar-refractivity contribution is 7.17. The fraction of sp³-hybridized carbons (Fsp3) is 0.350. The third kappa shape index (κ3) is 3.29. The molecule has 2 N–H and O–H groups in total. The Morgan fingerprint density at radius 2 is 1.93 bits per heavy atom. The average Bonchev–Trinajstić information content (AvgIpc) is 3.20. The van der Waals surface area contributed by atoms with Crippen LogP contribution in [0.25, 0.3) is 10.2 Å². The number of amides is 1. The molecule has 3 heterocycles. The maximum Gasteiger partial charge on any atom is 0.328 e. The van der Waals surface area contributed by atoms with Crippen LogP contribution in [0, 0.1) is 0 Å². The summed E-state index contributed by atoms with van der Waals surface area (Å²) < 4.78 is 7.11. The number of hydrogen-bond acceptors (Lipinski definition) is 5. The first-order valence-corrected chi connectivity index (χ1v) is 10.1. The van der Waals surface area contributed by atoms with Gasteiger partial charge in [0.1, 0.15) is 4.70 Å². The van der Waals surface area contributed by atoms with Crippen LogP contribution >= 0.6 is 11.3 Å². The molecule has 1 fully saturated rings. The van der Waals surface area contributed by atoms with E-state index in [1.165, 1.54) is 11.3 Å². The second-order valence-corrected chi connectivity index (χ2v) is 7.78. The number of carbonyl (C=O) groups excluding carboxylic acids is 1. The van der Waals surface area contributed by atoms with E-state index in [4.69, 9.17) is 4.74 Å². The van der Waals surface area contributed by atoms with Gasteiger partial charge in [0.25, 0.3) is 5.56 Å². The van der Waals surface area contributed by atoms with E-state index in [2.05, 4.69) is 10.3 Å². The van der Waals surface area contributed by atoms with Crippen molar-refractivity contribution < 1.29 is 9.53 Å². The maximum absolute atomic E-state index is 13.1. The second kappa shape index (κ2) is 7.73. The number of hydrogen-bond donors (Lipinski definition) is 2. The summed E-state index contributed by atoms with van der Waals surface area (Å²) in [6, 6.07) is 11.4. The lowest BCUT2D eigenvalue weighted by atomic mass is 9.73. The van der Waals surface area contributed by atoms with Gasteiger partial charge in [-0.15, -0.1) is 11.3 Å². The zero-order valence-electron chi connectivity index (χ0n) is 15.3. The molecule has 8 heteroatoms. The fourth-order valence-electron chi connectivity index (χ4n) is 3.75. The van der Waals surface area contributed by atoms with E-state index in [9.17, 15) is 14.4 Å². The van der Waals surface area contributed by atoms with Crippen molar-refractivity contribution in [3.63, 3.8) is 0 Å². The van der Waals surface area contributed by atoms with Gasteiger partial charge in [-0.25, -0.2) is 4.79 Å². The molecule has 0 saturated carbocycles. The lowest BCUT2D eigenvalue weighted by Gasteiger charge is -2.36. The molecule has 7 nitrogen and oxygen atoms in total. The summed E-state index contributed by atoms with van der Waals surface area (Å²) in [5, 5.41) is 4.70. The molecular formula is C20H21N3O4S. The lowest BCUT2D eigenvalue weighted by molar-refractivity contribution is -0.130. The normalized spacial score (nSPS) is 16.1. The van der Waals surface area contributed by atoms with E-state index in [0.29, 0.717) is 36.3 Å². The first kappa shape index (κ1) is 18.6. The van der Waals surface area contributed by atoms with E-state index in [0.717, 1.165) is 10.1 Å². The number of rotatable bonds is 5. The van der Waals surface area contributed by atoms with Crippen molar-refractivity contribution >= 4 is 27.5 Å². The summed E-state index contributed by atoms with van der Waals surface area (Å²) in [6.45, 7) is 1.37. The summed E-state index contributed by atoms with van der Waals surface area (Å²) in [7, 11) is 0. The predicted molar refractivity (Wildman–Crippen MR) is 108 cm³/mol. The Morgan fingerprint density at radius 3 is 2.68 bits per heavy atom. The molecule has 1 aliphatic rings. The highest BCUT2D eigenvalue weighted by Gasteiger charge is 2.41. The Kier molecular flexibility index (Phi) is 5.15. The number of ether oxygens (including phenoxy) is 1. The molecule has 1 aromatic carbocycles. The second-order valence-electron chi connectivity index (χ2n) is 6.87. The van der Waals surface area contributed by atoms with Gasteiger partial charge in [-0.05, 0) is 29.9 Å². The maximum atomic E-state index is 13.1. The van der Waals surface area contributed by atoms with Gasteiger partial charge in [-0.3, -0.25) is 14.2 Å². The first-order chi connectivity index (χ1) is 13.6. The fourth-order valence-corrected chi connectivity index (χ4v) is 4.55. The molecule has 1 amide bonds. The number of benzene rings is 1. The van der Waals surface area contributed by atoms with Gasteiger partial charge in [0, 0.05) is 26.3 Å². The van der Waals surface area contributed by atoms with Crippen LogP contribution in [0.4, 0.5) is 0 Å². The van der Waals surface area contributed by atoms with Crippen molar-refractivity contribution in [3.05, 3.63) is 68.2 Å². The molecule has 0 aliphatic carbocycles. The first-order valence-electron chi connectivity index (χ1n) is 9.24. The number of H-pyrrole nitrogens is 1. The molecule has 28 heavy (non-hydrogen) atoms. The van der Waals surface area contributed by atoms with Gasteiger partial charge < -0.3 is 15.0 Å². The van der Waals surface area contributed by atoms with Gasteiger partial charge in [-0.1, -0.05) is 30.3 Å². The van der Waals surface area contributed by atoms with Crippen LogP contribution in [0.1, 0.15) is 18.4 Å². The molecule has 146 valence electrons. The van der Waals surface area contributed by atoms with Gasteiger partial charge in [0.15, 0.2) is 0 Å². The van der Waals surface area contributed by atoms with Crippen molar-refractivity contribution in [2.45, 2.75) is 24.8 Å². The third-order valence-corrected chi connectivity index (χ3v) is 6.22. The largest absolute Gasteiger partial charge is 0.381 e. The lowest BCUT2D eigenvalue weighted by Crippen LogP contribution is -2.49. The molecular weight excluding hydrogens is 378 g/mol. The van der Waals surface area contributed by atoms with Gasteiger partial charge >= 0.3 is 5.69 Å². The highest BCUT2D eigenvalue weighted by atomic mass is 32.1. The third-order valence-electron chi connectivity index (χ3n) is 5.32. The molecule has 0 radical (unpaired) electrons. The summed E-state index contributed by atoms with van der Waals surface area (Å²) in [5.41, 5.74) is 0.0754. The topological polar surface area (TPSA) is 93.2 Å². The molecule has 4 rings (SSSR count). The van der Waals surface area contributed by atoms with Crippen molar-refractivity contribution in [1.29, 1.82) is 0 Å². The van der Waals surface area contributed by atoms with Crippen molar-refractivity contribution in [1.82, 2.24) is 14.9 Å². The number of fused-ring (bicyclic) bond motifs is 1. The van der Waals surface area contributed by atoms with Crippen molar-refractivity contribution in [3.8, 4) is 0 Å². The van der Waals surface area contributed by atoms with Gasteiger partial charge in [-0.2, -0.15) is 0 Å². The minimum absolute atomic E-state index is 0.0938. The number of thiophene rings is 1. The quantitative estimate of drug-likeness (QED) is 0.682. The Labute approximate surface area is 165 Å². The molecule has 0 atom stereocenters. The Hall–Kier alpha value is -2.71. The summed E-state index contributed by atoms with van der Waals surface area (Å²) >= 11 is 1.29. The molecule has 0 spiro atoms. The van der Waals surface area contributed by atoms with Gasteiger partial charge in [0.05, 0.1) is 10.9 Å². The molecule has 3 aromatic rings. The SMILES string of the molecule is O=C(NCCn1c(=O)[nH]c2ccsc2c1=O)C1(c2ccccc2)CCOCC1. The minimum Gasteiger partial charge on any atom is -0.381 e. The Balaban J connectivity index is 1.52. The molecule has 2 aromatic heterocycles. The van der Waals surface area contributed by atoms with Gasteiger partial charge in [0.2, 0.25) is 5.91 Å². The van der Waals surface area contributed by atoms with E-state index >= 15 is 0 Å². The summed E-state index contributed by atoms with van der Waals surface area (Å²) in [5.74, 6) is -0.0938. The summed E-state index contributed by atoms with van der Waals surface area (Å²) in [4.78, 5) is 40.5. The number of nitrogens with zero attached hydrogens (tertiary/aromatic N) is 1. The van der Waals surface area contributed by atoms with E-state index in [-0.39, 0.29) is 24.6 Å². The zero-order chi connectivity index (χ0) is 19.6. The van der Waals surface area contributed by atoms with E-state index < -0.39 is 11.1 Å². The minimum atomic E-state index is -0.644. The number of aromatic amines is 1. The van der Waals surface area contributed by atoms with Crippen LogP contribution in [-0.4, -0.2) is 35.2 Å². The van der Waals surface area contributed by atoms with Crippen LogP contribution in [-0.2, 0) is 21.5 Å². The summed E-state index contributed by atoms with van der Waals surface area (Å²) in [6.07, 6.45) is 1.20. The highest BCUT2D eigenvalue weighted by Crippen LogP contribution is 2.35. The van der Waals surface area contributed by atoms with Crippen LogP contribution in [0.3, 0.4) is 0 Å². The number of nitrogens with one attached hydrogen (secondary N) is 2. The van der Waals surface area contributed by atoms with E-state index in [1.807, 2.05) is 30.3 Å². The van der Waals surface area contributed by atoms with E-state index in [1.54, 1.807) is 11.4 Å². The zero-order valence-corrected chi connectivity index (χ0v) is 16.1. The van der Waals surface area contributed by atoms with Crippen LogP contribution < -0.4 is 16.6 Å². The average molecular weight is 399 g/mol. The molecule has 1 aliphatic heterocycles. The van der Waals surface area contributed by atoms with Crippen molar-refractivity contribution in [2.75, 3.05) is 19.8 Å². The Bertz CT molecular complexity index is 1090. The monoisotopic (exact) mass is 399 g/mol. The smallest absolute Gasteiger partial charge is 0.328 e. The molecule has 0 unspecified atom stereocenters. The number of aromatic nitrogens is 2. The predicted octanol–water partition coefficient (Wildman–Crippen LogP) is 1.62. The number of carbonyl (C=O) groups is 1. The van der Waals surface area contributed by atoms with Crippen LogP contribution in [0.5, 0.6) is 0 Å². The standard InChI is InChI=1S/C20H21N3O4S/c24-17-16-15(6-13-28-16)22-19(26)23(17)10-9-21-18(25)20(7-11-27-12-8-20)14-4-2-1-3-5-14/h1-6,13H,7-12H2,(H,21,25)(H,22,26). The van der Waals surface area contributed by atoms with Crippen LogP contribution in [0.2, 0.25) is 0 Å². The molecule has 1 saturated heterocycles. The Morgan fingerprint density at radius 1 is 1.18 bits per heavy atom.